The SMILES string of the molecule is CCCCC(C)N(C)C(=O)c1cc2c(c(F)c1COC)C(=O)N(C(C)CCCC)C2=O. The number of benzene rings is 1. The summed E-state index contributed by atoms with van der Waals surface area (Å²) in [5.74, 6) is -2.39. The molecule has 172 valence electrons. The number of rotatable bonds is 11. The number of nitrogens with zero attached hydrogens (tertiary/aromatic N) is 2. The van der Waals surface area contributed by atoms with Gasteiger partial charge in [0, 0.05) is 37.4 Å². The van der Waals surface area contributed by atoms with Crippen molar-refractivity contribution in [3.63, 3.8) is 0 Å². The smallest absolute Gasteiger partial charge is 0.264 e. The minimum Gasteiger partial charge on any atom is -0.380 e. The van der Waals surface area contributed by atoms with Gasteiger partial charge in [0.15, 0.2) is 0 Å². The lowest BCUT2D eigenvalue weighted by Crippen LogP contribution is -2.38. The zero-order valence-corrected chi connectivity index (χ0v) is 19.6. The number of ether oxygens (including phenoxy) is 1. The molecule has 0 saturated carbocycles. The van der Waals surface area contributed by atoms with Crippen LogP contribution in [0.1, 0.15) is 103 Å². The van der Waals surface area contributed by atoms with Gasteiger partial charge in [0.2, 0.25) is 0 Å². The van der Waals surface area contributed by atoms with E-state index in [1.54, 1.807) is 18.9 Å². The Bertz CT molecular complexity index is 839. The molecule has 0 bridgehead atoms. The van der Waals surface area contributed by atoms with E-state index in [1.807, 2.05) is 13.8 Å². The molecule has 0 radical (unpaired) electrons. The van der Waals surface area contributed by atoms with Crippen molar-refractivity contribution in [3.05, 3.63) is 34.1 Å². The van der Waals surface area contributed by atoms with Gasteiger partial charge in [-0.05, 0) is 32.8 Å². The molecule has 3 amide bonds. The van der Waals surface area contributed by atoms with Gasteiger partial charge in [-0.3, -0.25) is 19.3 Å². The first-order valence-electron chi connectivity index (χ1n) is 11.2. The molecule has 1 heterocycles. The fraction of sp³-hybridized carbons (Fsp3) is 0.625. The molecular weight excluding hydrogens is 399 g/mol. The summed E-state index contributed by atoms with van der Waals surface area (Å²) in [5, 5.41) is 0. The average molecular weight is 435 g/mol. The van der Waals surface area contributed by atoms with Crippen LogP contribution in [0.25, 0.3) is 0 Å². The Morgan fingerprint density at radius 2 is 1.74 bits per heavy atom. The highest BCUT2D eigenvalue weighted by atomic mass is 19.1. The summed E-state index contributed by atoms with van der Waals surface area (Å²) < 4.78 is 20.6. The predicted molar refractivity (Wildman–Crippen MR) is 118 cm³/mol. The average Bonchev–Trinajstić information content (AvgIpc) is 3.00. The molecule has 2 atom stereocenters. The molecule has 31 heavy (non-hydrogen) atoms. The minimum absolute atomic E-state index is 0.0185. The summed E-state index contributed by atoms with van der Waals surface area (Å²) in [7, 11) is 3.08. The van der Waals surface area contributed by atoms with Gasteiger partial charge in [0.05, 0.1) is 17.7 Å². The molecule has 0 N–H and O–H groups in total. The maximum absolute atomic E-state index is 15.5. The van der Waals surface area contributed by atoms with E-state index in [1.165, 1.54) is 13.2 Å². The van der Waals surface area contributed by atoms with E-state index in [9.17, 15) is 14.4 Å². The highest BCUT2D eigenvalue weighted by Gasteiger charge is 2.42. The van der Waals surface area contributed by atoms with Gasteiger partial charge in [-0.2, -0.15) is 0 Å². The van der Waals surface area contributed by atoms with E-state index in [-0.39, 0.29) is 46.9 Å². The van der Waals surface area contributed by atoms with E-state index in [0.29, 0.717) is 6.42 Å². The number of unbranched alkanes of at least 4 members (excludes halogenated alkanes) is 2. The predicted octanol–water partition coefficient (Wildman–Crippen LogP) is 4.80. The van der Waals surface area contributed by atoms with Crippen molar-refractivity contribution in [1.29, 1.82) is 0 Å². The van der Waals surface area contributed by atoms with Crippen molar-refractivity contribution in [2.24, 2.45) is 0 Å². The molecule has 0 saturated heterocycles. The quantitative estimate of drug-likeness (QED) is 0.469. The van der Waals surface area contributed by atoms with Crippen LogP contribution in [0.15, 0.2) is 6.07 Å². The van der Waals surface area contributed by atoms with E-state index in [0.717, 1.165) is 37.0 Å². The first kappa shape index (κ1) is 25.0. The zero-order valence-electron chi connectivity index (χ0n) is 19.6. The van der Waals surface area contributed by atoms with Gasteiger partial charge < -0.3 is 9.64 Å². The third-order valence-electron chi connectivity index (χ3n) is 6.14. The lowest BCUT2D eigenvalue weighted by atomic mass is 9.97. The highest BCUT2D eigenvalue weighted by Crippen LogP contribution is 2.33. The Labute approximate surface area is 184 Å². The Morgan fingerprint density at radius 1 is 1.13 bits per heavy atom. The largest absolute Gasteiger partial charge is 0.380 e. The van der Waals surface area contributed by atoms with Gasteiger partial charge in [-0.1, -0.05) is 39.5 Å². The summed E-state index contributed by atoms with van der Waals surface area (Å²) in [5.41, 5.74) is -0.194. The van der Waals surface area contributed by atoms with Crippen LogP contribution < -0.4 is 0 Å². The maximum atomic E-state index is 15.5. The Morgan fingerprint density at radius 3 is 2.32 bits per heavy atom. The fourth-order valence-corrected chi connectivity index (χ4v) is 4.00. The summed E-state index contributed by atoms with van der Waals surface area (Å²) >= 11 is 0. The van der Waals surface area contributed by atoms with Gasteiger partial charge >= 0.3 is 0 Å². The highest BCUT2D eigenvalue weighted by molar-refractivity contribution is 6.22. The Hall–Kier alpha value is -2.28. The normalized spacial score (nSPS) is 15.3. The number of carbonyl (C=O) groups excluding carboxylic acids is 3. The number of hydrogen-bond acceptors (Lipinski definition) is 4. The van der Waals surface area contributed by atoms with Crippen LogP contribution in [0.3, 0.4) is 0 Å². The monoisotopic (exact) mass is 434 g/mol. The van der Waals surface area contributed by atoms with Crippen molar-refractivity contribution >= 4 is 17.7 Å². The van der Waals surface area contributed by atoms with Crippen molar-refractivity contribution in [2.75, 3.05) is 14.2 Å². The van der Waals surface area contributed by atoms with Crippen LogP contribution in [0, 0.1) is 5.82 Å². The van der Waals surface area contributed by atoms with Crippen LogP contribution in [0.5, 0.6) is 0 Å². The standard InChI is InChI=1S/C24H35FN2O4/c1-7-9-11-15(3)26(5)22(28)17-13-18-20(21(25)19(17)14-31-6)24(30)27(23(18)29)16(4)12-10-8-2/h13,15-16H,7-12,14H2,1-6H3. The second-order valence-electron chi connectivity index (χ2n) is 8.45. The number of imide groups is 1. The summed E-state index contributed by atoms with van der Waals surface area (Å²) in [4.78, 5) is 41.9. The van der Waals surface area contributed by atoms with Gasteiger partial charge in [0.25, 0.3) is 17.7 Å². The van der Waals surface area contributed by atoms with Crippen LogP contribution in [0.4, 0.5) is 4.39 Å². The summed E-state index contributed by atoms with van der Waals surface area (Å²) in [6, 6.07) is 1.00. The third kappa shape index (κ3) is 4.97. The van der Waals surface area contributed by atoms with E-state index in [2.05, 4.69) is 6.92 Å². The second kappa shape index (κ2) is 10.8. The van der Waals surface area contributed by atoms with Gasteiger partial charge in [-0.25, -0.2) is 4.39 Å². The molecule has 7 heteroatoms. The Kier molecular flexibility index (Phi) is 8.74. The number of amides is 3. The zero-order chi connectivity index (χ0) is 23.3. The van der Waals surface area contributed by atoms with E-state index in [4.69, 9.17) is 4.74 Å². The molecule has 1 aliphatic heterocycles. The number of carbonyl (C=O) groups is 3. The topological polar surface area (TPSA) is 66.9 Å². The second-order valence-corrected chi connectivity index (χ2v) is 8.45. The molecule has 6 nitrogen and oxygen atoms in total. The molecular formula is C24H35FN2O4. The van der Waals surface area contributed by atoms with Crippen molar-refractivity contribution < 1.29 is 23.5 Å². The molecule has 1 aliphatic rings. The molecule has 0 spiro atoms. The molecule has 0 fully saturated rings. The van der Waals surface area contributed by atoms with Crippen LogP contribution in [-0.2, 0) is 11.3 Å². The van der Waals surface area contributed by atoms with Crippen LogP contribution in [0.2, 0.25) is 0 Å². The van der Waals surface area contributed by atoms with Crippen molar-refractivity contribution in [2.45, 2.75) is 84.9 Å². The number of fused-ring (bicyclic) bond motifs is 1. The van der Waals surface area contributed by atoms with E-state index >= 15 is 4.39 Å². The Balaban J connectivity index is 2.50. The van der Waals surface area contributed by atoms with Crippen LogP contribution in [-0.4, -0.2) is 53.8 Å². The molecule has 1 aromatic rings. The number of hydrogen-bond donors (Lipinski definition) is 0. The third-order valence-corrected chi connectivity index (χ3v) is 6.14. The maximum Gasteiger partial charge on any atom is 0.264 e. The molecule has 0 aliphatic carbocycles. The number of halogens is 1. The molecule has 2 rings (SSSR count). The molecule has 2 unspecified atom stereocenters. The van der Waals surface area contributed by atoms with Gasteiger partial charge in [0.1, 0.15) is 5.82 Å². The lowest BCUT2D eigenvalue weighted by molar-refractivity contribution is 0.0586. The minimum atomic E-state index is -0.833. The summed E-state index contributed by atoms with van der Waals surface area (Å²) in [6.45, 7) is 7.68. The van der Waals surface area contributed by atoms with Gasteiger partial charge in [-0.15, -0.1) is 0 Å². The molecule has 0 aromatic heterocycles. The van der Waals surface area contributed by atoms with E-state index < -0.39 is 17.6 Å². The van der Waals surface area contributed by atoms with Crippen LogP contribution >= 0.6 is 0 Å². The molecule has 1 aromatic carbocycles. The first-order chi connectivity index (χ1) is 14.7. The number of methoxy groups -OCH3 is 1. The lowest BCUT2D eigenvalue weighted by Gasteiger charge is -2.26. The fourth-order valence-electron chi connectivity index (χ4n) is 4.00. The van der Waals surface area contributed by atoms with Crippen molar-refractivity contribution in [3.8, 4) is 0 Å². The first-order valence-corrected chi connectivity index (χ1v) is 11.2. The van der Waals surface area contributed by atoms with Crippen molar-refractivity contribution in [1.82, 2.24) is 9.80 Å². The summed E-state index contributed by atoms with van der Waals surface area (Å²) in [6.07, 6.45) is 5.25.